The van der Waals surface area contributed by atoms with E-state index in [0.29, 0.717) is 13.0 Å². The number of nitrogens with zero attached hydrogens (tertiary/aromatic N) is 1. The van der Waals surface area contributed by atoms with Crippen LogP contribution in [0.25, 0.3) is 0 Å². The number of halogens is 2. The van der Waals surface area contributed by atoms with Gasteiger partial charge in [0.1, 0.15) is 10.7 Å². The van der Waals surface area contributed by atoms with Crippen LogP contribution < -0.4 is 5.32 Å². The Morgan fingerprint density at radius 1 is 1.37 bits per heavy atom. The lowest BCUT2D eigenvalue weighted by Crippen LogP contribution is -2.37. The lowest BCUT2D eigenvalue weighted by Gasteiger charge is -2.19. The summed E-state index contributed by atoms with van der Waals surface area (Å²) in [4.78, 5) is 11.1. The van der Waals surface area contributed by atoms with Crippen LogP contribution in [0.2, 0.25) is 5.02 Å². The molecule has 1 fully saturated rings. The highest BCUT2D eigenvalue weighted by Crippen LogP contribution is 2.25. The molecular weight excluding hydrogens is 295 g/mol. The summed E-state index contributed by atoms with van der Waals surface area (Å²) in [6.07, 6.45) is 0.498. The van der Waals surface area contributed by atoms with Crippen LogP contribution in [0.1, 0.15) is 6.42 Å². The first-order chi connectivity index (χ1) is 8.91. The van der Waals surface area contributed by atoms with Crippen LogP contribution in [0.4, 0.5) is 4.39 Å². The van der Waals surface area contributed by atoms with Gasteiger partial charge in [0.05, 0.1) is 11.6 Å². The molecule has 1 aliphatic rings. The molecule has 0 spiro atoms. The molecule has 5 nitrogen and oxygen atoms in total. The van der Waals surface area contributed by atoms with Crippen molar-refractivity contribution in [3.63, 3.8) is 0 Å². The number of hydrogen-bond donors (Lipinski definition) is 1. The van der Waals surface area contributed by atoms with Gasteiger partial charge in [-0.15, -0.1) is 0 Å². The van der Waals surface area contributed by atoms with Gasteiger partial charge in [-0.1, -0.05) is 11.6 Å². The van der Waals surface area contributed by atoms with Crippen molar-refractivity contribution in [3.05, 3.63) is 29.0 Å². The number of carbonyl (C=O) groups excluding carboxylic acids is 1. The van der Waals surface area contributed by atoms with E-state index in [1.165, 1.54) is 6.07 Å². The molecule has 0 radical (unpaired) electrons. The first-order valence-corrected chi connectivity index (χ1v) is 7.45. The lowest BCUT2D eigenvalue weighted by atomic mass is 10.3. The second-order valence-electron chi connectivity index (χ2n) is 4.12. The minimum absolute atomic E-state index is 0.0638. The highest BCUT2D eigenvalue weighted by molar-refractivity contribution is 7.89. The maximum absolute atomic E-state index is 13.2. The van der Waals surface area contributed by atoms with Crippen LogP contribution in [0.5, 0.6) is 0 Å². The van der Waals surface area contributed by atoms with E-state index in [1.54, 1.807) is 0 Å². The van der Waals surface area contributed by atoms with E-state index < -0.39 is 15.8 Å². The Balaban J connectivity index is 2.40. The Hall–Kier alpha value is -1.18. The van der Waals surface area contributed by atoms with E-state index in [9.17, 15) is 17.6 Å². The maximum Gasteiger partial charge on any atom is 0.245 e. The second-order valence-corrected chi connectivity index (χ2v) is 6.43. The van der Waals surface area contributed by atoms with Crippen molar-refractivity contribution in [2.45, 2.75) is 11.3 Å². The van der Waals surface area contributed by atoms with E-state index in [0.717, 1.165) is 16.4 Å². The topological polar surface area (TPSA) is 66.5 Å². The standard InChI is InChI=1S/C11H12ClFN2O3S/c12-9-3-2-8(13)6-10(9)19(17,18)15-5-1-4-14-11(16)7-15/h2-3,6H,1,4-5,7H2,(H,14,16). The zero-order valence-corrected chi connectivity index (χ0v) is 11.5. The smallest absolute Gasteiger partial charge is 0.245 e. The number of amides is 1. The van der Waals surface area contributed by atoms with Gasteiger partial charge in [0.2, 0.25) is 15.9 Å². The Morgan fingerprint density at radius 3 is 2.84 bits per heavy atom. The van der Waals surface area contributed by atoms with Gasteiger partial charge in [-0.25, -0.2) is 12.8 Å². The van der Waals surface area contributed by atoms with Crippen LogP contribution >= 0.6 is 11.6 Å². The average Bonchev–Trinajstić information content (AvgIpc) is 2.57. The minimum Gasteiger partial charge on any atom is -0.355 e. The summed E-state index contributed by atoms with van der Waals surface area (Å²) in [6, 6.07) is 3.12. The molecule has 1 aromatic carbocycles. The quantitative estimate of drug-likeness (QED) is 0.886. The molecule has 0 atom stereocenters. The Kier molecular flexibility index (Phi) is 4.07. The fraction of sp³-hybridized carbons (Fsp3) is 0.364. The summed E-state index contributed by atoms with van der Waals surface area (Å²) in [5.41, 5.74) is 0. The third kappa shape index (κ3) is 3.05. The minimum atomic E-state index is -3.97. The van der Waals surface area contributed by atoms with Crippen LogP contribution in [-0.2, 0) is 14.8 Å². The van der Waals surface area contributed by atoms with Crippen molar-refractivity contribution < 1.29 is 17.6 Å². The predicted molar refractivity (Wildman–Crippen MR) is 67.8 cm³/mol. The highest BCUT2D eigenvalue weighted by atomic mass is 35.5. The molecule has 2 rings (SSSR count). The SMILES string of the molecule is O=C1CN(S(=O)(=O)c2cc(F)ccc2Cl)CCCN1. The molecule has 1 heterocycles. The third-order valence-electron chi connectivity index (χ3n) is 2.74. The van der Waals surface area contributed by atoms with Crippen molar-refractivity contribution in [2.75, 3.05) is 19.6 Å². The van der Waals surface area contributed by atoms with Crippen molar-refractivity contribution in [3.8, 4) is 0 Å². The van der Waals surface area contributed by atoms with Gasteiger partial charge in [0.25, 0.3) is 0 Å². The van der Waals surface area contributed by atoms with Gasteiger partial charge >= 0.3 is 0 Å². The number of hydrogen-bond acceptors (Lipinski definition) is 3. The van der Waals surface area contributed by atoms with Crippen LogP contribution in [-0.4, -0.2) is 38.3 Å². The molecule has 1 aromatic rings. The maximum atomic E-state index is 13.2. The van der Waals surface area contributed by atoms with Crippen molar-refractivity contribution >= 4 is 27.5 Å². The summed E-state index contributed by atoms with van der Waals surface area (Å²) in [5.74, 6) is -1.07. The third-order valence-corrected chi connectivity index (χ3v) is 5.06. The van der Waals surface area contributed by atoms with Gasteiger partial charge in [-0.05, 0) is 24.6 Å². The summed E-state index contributed by atoms with van der Waals surface area (Å²) in [6.45, 7) is 0.324. The molecule has 0 bridgehead atoms. The molecule has 1 amide bonds. The molecule has 104 valence electrons. The lowest BCUT2D eigenvalue weighted by molar-refractivity contribution is -0.120. The Labute approximate surface area is 115 Å². The first-order valence-electron chi connectivity index (χ1n) is 5.63. The van der Waals surface area contributed by atoms with Crippen molar-refractivity contribution in [1.82, 2.24) is 9.62 Å². The normalized spacial score (nSPS) is 17.9. The summed E-state index contributed by atoms with van der Waals surface area (Å²) >= 11 is 5.80. The van der Waals surface area contributed by atoms with Gasteiger partial charge < -0.3 is 5.32 Å². The summed E-state index contributed by atoms with van der Waals surface area (Å²) in [5, 5.41) is 2.51. The fourth-order valence-electron chi connectivity index (χ4n) is 1.80. The molecule has 0 saturated carbocycles. The molecule has 1 N–H and O–H groups in total. The van der Waals surface area contributed by atoms with E-state index in [-0.39, 0.29) is 28.9 Å². The number of carbonyl (C=O) groups is 1. The van der Waals surface area contributed by atoms with E-state index in [2.05, 4.69) is 5.32 Å². The number of sulfonamides is 1. The van der Waals surface area contributed by atoms with Crippen LogP contribution in [0.3, 0.4) is 0 Å². The summed E-state index contributed by atoms with van der Waals surface area (Å²) in [7, 11) is -3.97. The zero-order valence-electron chi connectivity index (χ0n) is 9.90. The summed E-state index contributed by atoms with van der Waals surface area (Å²) < 4.78 is 38.9. The van der Waals surface area contributed by atoms with Gasteiger partial charge in [0.15, 0.2) is 0 Å². The van der Waals surface area contributed by atoms with Gasteiger partial charge in [-0.2, -0.15) is 4.31 Å². The zero-order chi connectivity index (χ0) is 14.0. The molecule has 19 heavy (non-hydrogen) atoms. The molecule has 0 unspecified atom stereocenters. The van der Waals surface area contributed by atoms with Crippen LogP contribution in [0.15, 0.2) is 23.1 Å². The van der Waals surface area contributed by atoms with Crippen LogP contribution in [0, 0.1) is 5.82 Å². The largest absolute Gasteiger partial charge is 0.355 e. The van der Waals surface area contributed by atoms with Crippen molar-refractivity contribution in [1.29, 1.82) is 0 Å². The van der Waals surface area contributed by atoms with E-state index in [1.807, 2.05) is 0 Å². The molecule has 0 aromatic heterocycles. The molecule has 0 aliphatic carbocycles. The molecule has 1 aliphatic heterocycles. The van der Waals surface area contributed by atoms with E-state index in [4.69, 9.17) is 11.6 Å². The van der Waals surface area contributed by atoms with Gasteiger partial charge in [-0.3, -0.25) is 4.79 Å². The highest BCUT2D eigenvalue weighted by Gasteiger charge is 2.29. The number of rotatable bonds is 2. The predicted octanol–water partition coefficient (Wildman–Crippen LogP) is 0.990. The number of nitrogens with one attached hydrogen (secondary N) is 1. The molecule has 8 heteroatoms. The Morgan fingerprint density at radius 2 is 2.11 bits per heavy atom. The average molecular weight is 307 g/mol. The first kappa shape index (κ1) is 14.2. The monoisotopic (exact) mass is 306 g/mol. The Bertz CT molecular complexity index is 606. The van der Waals surface area contributed by atoms with Crippen molar-refractivity contribution in [2.24, 2.45) is 0 Å². The number of benzene rings is 1. The second kappa shape index (κ2) is 5.44. The molecular formula is C11H12ClFN2O3S. The van der Waals surface area contributed by atoms with Gasteiger partial charge in [0, 0.05) is 13.1 Å². The molecule has 1 saturated heterocycles. The van der Waals surface area contributed by atoms with E-state index >= 15 is 0 Å². The fourth-order valence-corrected chi connectivity index (χ4v) is 3.72.